The SMILES string of the molecule is CNC(C)c1cccc(C(=O)N2C[C@@H](c3ccccc3)C[C@H]2C(=O)N2CCC(c3ccccc3)C2)n1. The van der Waals surface area contributed by atoms with Gasteiger partial charge in [0.05, 0.1) is 5.69 Å². The molecule has 0 saturated carbocycles. The zero-order valence-corrected chi connectivity index (χ0v) is 21.0. The van der Waals surface area contributed by atoms with Crippen LogP contribution >= 0.6 is 0 Å². The lowest BCUT2D eigenvalue weighted by atomic mass is 9.96. The Bertz CT molecular complexity index is 1200. The van der Waals surface area contributed by atoms with E-state index < -0.39 is 6.04 Å². The van der Waals surface area contributed by atoms with E-state index in [1.807, 2.05) is 55.3 Å². The number of carbonyl (C=O) groups excluding carboxylic acids is 2. The fourth-order valence-electron chi connectivity index (χ4n) is 5.54. The number of nitrogens with zero attached hydrogens (tertiary/aromatic N) is 3. The second-order valence-corrected chi connectivity index (χ2v) is 9.96. The summed E-state index contributed by atoms with van der Waals surface area (Å²) in [5.74, 6) is 0.346. The fraction of sp³-hybridized carbons (Fsp3) is 0.367. The number of benzene rings is 2. The molecular weight excluding hydrogens is 448 g/mol. The molecule has 2 unspecified atom stereocenters. The van der Waals surface area contributed by atoms with Crippen molar-refractivity contribution in [2.75, 3.05) is 26.7 Å². The standard InChI is InChI=1S/C30H34N4O2/c1-21(31-2)26-14-9-15-27(32-26)29(35)34-20-25(23-12-7-4-8-13-23)18-28(34)30(36)33-17-16-24(19-33)22-10-5-3-6-11-22/h3-15,21,24-25,28,31H,16-20H2,1-2H3/t21?,24?,25-,28-/m0/s1. The molecule has 0 aliphatic carbocycles. The van der Waals surface area contributed by atoms with Crippen LogP contribution in [0.5, 0.6) is 0 Å². The lowest BCUT2D eigenvalue weighted by Gasteiger charge is -2.28. The van der Waals surface area contributed by atoms with Gasteiger partial charge in [0.25, 0.3) is 5.91 Å². The van der Waals surface area contributed by atoms with Crippen molar-refractivity contribution >= 4 is 11.8 Å². The largest absolute Gasteiger partial charge is 0.340 e. The number of pyridine rings is 1. The van der Waals surface area contributed by atoms with Gasteiger partial charge in [-0.3, -0.25) is 9.59 Å². The van der Waals surface area contributed by atoms with E-state index in [2.05, 4.69) is 46.7 Å². The van der Waals surface area contributed by atoms with Crippen molar-refractivity contribution in [1.82, 2.24) is 20.1 Å². The Morgan fingerprint density at radius 3 is 2.22 bits per heavy atom. The molecule has 0 bridgehead atoms. The van der Waals surface area contributed by atoms with Gasteiger partial charge in [0.15, 0.2) is 0 Å². The van der Waals surface area contributed by atoms with Crippen LogP contribution in [0.15, 0.2) is 78.9 Å². The molecule has 2 aliphatic heterocycles. The second kappa shape index (κ2) is 10.6. The highest BCUT2D eigenvalue weighted by Crippen LogP contribution is 2.35. The molecule has 2 amide bonds. The molecule has 5 rings (SSSR count). The summed E-state index contributed by atoms with van der Waals surface area (Å²) < 4.78 is 0. The number of hydrogen-bond donors (Lipinski definition) is 1. The smallest absolute Gasteiger partial charge is 0.273 e. The molecule has 2 fully saturated rings. The first-order valence-electron chi connectivity index (χ1n) is 12.9. The molecule has 3 heterocycles. The Balaban J connectivity index is 1.39. The van der Waals surface area contributed by atoms with Gasteiger partial charge in [-0.25, -0.2) is 4.98 Å². The molecule has 0 radical (unpaired) electrons. The van der Waals surface area contributed by atoms with E-state index in [9.17, 15) is 9.59 Å². The summed E-state index contributed by atoms with van der Waals surface area (Å²) in [4.78, 5) is 36.0. The first-order valence-corrected chi connectivity index (χ1v) is 12.9. The van der Waals surface area contributed by atoms with Crippen LogP contribution in [0.2, 0.25) is 0 Å². The van der Waals surface area contributed by atoms with E-state index in [-0.39, 0.29) is 23.8 Å². The first kappa shape index (κ1) is 24.2. The maximum atomic E-state index is 13.9. The van der Waals surface area contributed by atoms with Gasteiger partial charge >= 0.3 is 0 Å². The number of hydrogen-bond acceptors (Lipinski definition) is 4. The van der Waals surface area contributed by atoms with Gasteiger partial charge < -0.3 is 15.1 Å². The summed E-state index contributed by atoms with van der Waals surface area (Å²) in [5.41, 5.74) is 3.65. The molecule has 6 heteroatoms. The minimum absolute atomic E-state index is 0.0327. The summed E-state index contributed by atoms with van der Waals surface area (Å²) >= 11 is 0. The van der Waals surface area contributed by atoms with Gasteiger partial charge in [-0.15, -0.1) is 0 Å². The van der Waals surface area contributed by atoms with Crippen molar-refractivity contribution in [1.29, 1.82) is 0 Å². The Kier molecular flexibility index (Phi) is 7.14. The highest BCUT2D eigenvalue weighted by atomic mass is 16.2. The Morgan fingerprint density at radius 2 is 1.56 bits per heavy atom. The number of likely N-dealkylation sites (tertiary alicyclic amines) is 2. The Hall–Kier alpha value is -3.51. The molecular formula is C30H34N4O2. The Labute approximate surface area is 213 Å². The van der Waals surface area contributed by atoms with Gasteiger partial charge in [-0.1, -0.05) is 66.7 Å². The van der Waals surface area contributed by atoms with Crippen LogP contribution in [0.4, 0.5) is 0 Å². The van der Waals surface area contributed by atoms with E-state index >= 15 is 0 Å². The van der Waals surface area contributed by atoms with Crippen molar-refractivity contribution in [2.24, 2.45) is 0 Å². The Morgan fingerprint density at radius 1 is 0.889 bits per heavy atom. The van der Waals surface area contributed by atoms with Crippen molar-refractivity contribution < 1.29 is 9.59 Å². The van der Waals surface area contributed by atoms with Gasteiger partial charge in [0, 0.05) is 37.5 Å². The average Bonchev–Trinajstić information content (AvgIpc) is 3.61. The topological polar surface area (TPSA) is 65.5 Å². The molecule has 2 aromatic carbocycles. The lowest BCUT2D eigenvalue weighted by molar-refractivity contribution is -0.134. The minimum atomic E-state index is -0.482. The summed E-state index contributed by atoms with van der Waals surface area (Å²) in [5, 5.41) is 3.18. The van der Waals surface area contributed by atoms with E-state index in [0.717, 1.165) is 18.7 Å². The van der Waals surface area contributed by atoms with Crippen LogP contribution < -0.4 is 5.32 Å². The summed E-state index contributed by atoms with van der Waals surface area (Å²) in [6.07, 6.45) is 1.58. The van der Waals surface area contributed by atoms with E-state index in [4.69, 9.17) is 0 Å². The van der Waals surface area contributed by atoms with E-state index in [0.29, 0.717) is 31.1 Å². The molecule has 186 valence electrons. The van der Waals surface area contributed by atoms with Gasteiger partial charge in [0.2, 0.25) is 5.91 Å². The van der Waals surface area contributed by atoms with Gasteiger partial charge in [0.1, 0.15) is 11.7 Å². The van der Waals surface area contributed by atoms with Crippen LogP contribution in [0.3, 0.4) is 0 Å². The molecule has 1 aromatic heterocycles. The van der Waals surface area contributed by atoms with E-state index in [1.165, 1.54) is 11.1 Å². The van der Waals surface area contributed by atoms with Gasteiger partial charge in [-0.2, -0.15) is 0 Å². The average molecular weight is 483 g/mol. The summed E-state index contributed by atoms with van der Waals surface area (Å²) in [7, 11) is 1.87. The third-order valence-electron chi connectivity index (χ3n) is 7.76. The maximum Gasteiger partial charge on any atom is 0.273 e. The monoisotopic (exact) mass is 482 g/mol. The first-order chi connectivity index (χ1) is 17.5. The van der Waals surface area contributed by atoms with Crippen LogP contribution in [0.25, 0.3) is 0 Å². The van der Waals surface area contributed by atoms with Crippen molar-refractivity contribution in [3.8, 4) is 0 Å². The quantitative estimate of drug-likeness (QED) is 0.567. The maximum absolute atomic E-state index is 13.9. The fourth-order valence-corrected chi connectivity index (χ4v) is 5.54. The molecule has 2 saturated heterocycles. The predicted octanol–water partition coefficient (Wildman–Crippen LogP) is 4.38. The third kappa shape index (κ3) is 4.91. The zero-order valence-electron chi connectivity index (χ0n) is 21.0. The summed E-state index contributed by atoms with van der Waals surface area (Å²) in [6.45, 7) is 3.95. The number of amides is 2. The third-order valence-corrected chi connectivity index (χ3v) is 7.76. The molecule has 4 atom stereocenters. The minimum Gasteiger partial charge on any atom is -0.340 e. The van der Waals surface area contributed by atoms with Gasteiger partial charge in [-0.05, 0) is 50.1 Å². The van der Waals surface area contributed by atoms with Crippen molar-refractivity contribution in [3.05, 3.63) is 101 Å². The highest BCUT2D eigenvalue weighted by Gasteiger charge is 2.43. The number of aromatic nitrogens is 1. The van der Waals surface area contributed by atoms with Crippen LogP contribution in [-0.2, 0) is 4.79 Å². The second-order valence-electron chi connectivity index (χ2n) is 9.96. The molecule has 1 N–H and O–H groups in total. The summed E-state index contributed by atoms with van der Waals surface area (Å²) in [6, 6.07) is 25.7. The van der Waals surface area contributed by atoms with E-state index in [1.54, 1.807) is 11.0 Å². The zero-order chi connectivity index (χ0) is 25.1. The molecule has 2 aliphatic rings. The van der Waals surface area contributed by atoms with Crippen LogP contribution in [0.1, 0.15) is 65.0 Å². The van der Waals surface area contributed by atoms with Crippen LogP contribution in [0, 0.1) is 0 Å². The molecule has 36 heavy (non-hydrogen) atoms. The molecule has 0 spiro atoms. The number of rotatable bonds is 6. The van der Waals surface area contributed by atoms with Crippen molar-refractivity contribution in [2.45, 2.75) is 43.7 Å². The van der Waals surface area contributed by atoms with Crippen LogP contribution in [-0.4, -0.2) is 59.3 Å². The predicted molar refractivity (Wildman–Crippen MR) is 141 cm³/mol. The molecule has 6 nitrogen and oxygen atoms in total. The highest BCUT2D eigenvalue weighted by molar-refractivity contribution is 5.97. The lowest BCUT2D eigenvalue weighted by Crippen LogP contribution is -2.47. The normalized spacial score (nSPS) is 22.6. The van der Waals surface area contributed by atoms with Crippen molar-refractivity contribution in [3.63, 3.8) is 0 Å². The molecule has 3 aromatic rings. The number of nitrogens with one attached hydrogen (secondary N) is 1. The number of carbonyl (C=O) groups is 2.